The van der Waals surface area contributed by atoms with E-state index >= 15 is 0 Å². The van der Waals surface area contributed by atoms with E-state index in [9.17, 15) is 19.0 Å². The molecule has 71 heavy (non-hydrogen) atoms. The first kappa shape index (κ1) is 68.2. The fourth-order valence-corrected chi connectivity index (χ4v) is 8.56. The normalized spacial score (nSPS) is 14.4. The maximum atomic E-state index is 13.5. The molecule has 10 heteroatoms. The van der Waals surface area contributed by atoms with Crippen LogP contribution in [0.5, 0.6) is 0 Å². The standard InChI is InChI=1S/C61H109N2O7P/c1-7-10-13-16-19-22-25-28-29-30-31-32-33-36-38-41-44-47-50-53-60(64)62-58(57-69-71(66,67)68-56-55-63(4,5)6)59(52-49-46-43-40-37-34-26-23-20-17-14-11-8-2)70-61(65)54-51-48-45-42-39-35-27-24-21-18-15-12-9-3/h10,13,19,22,28-29,31-32,35-36,38-39,49,52,58-59H,7-9,11-12,14-18,20-21,23-27,30,33-34,37,40-48,50-51,53-57H2,1-6H3,(H-,62,64,66,67)/b13-10-,22-19-,29-28-,32-31-,38-36-,39-35-,52-49-. The average Bonchev–Trinajstić information content (AvgIpc) is 3.33. The van der Waals surface area contributed by atoms with Gasteiger partial charge in [0.15, 0.2) is 0 Å². The number of phosphoric acid groups is 1. The summed E-state index contributed by atoms with van der Waals surface area (Å²) in [4.78, 5) is 39.8. The predicted octanol–water partition coefficient (Wildman–Crippen LogP) is 16.8. The molecule has 0 fully saturated rings. The number of nitrogens with zero attached hydrogens (tertiary/aromatic N) is 1. The number of nitrogens with one attached hydrogen (secondary N) is 1. The third-order valence-electron chi connectivity index (χ3n) is 12.3. The van der Waals surface area contributed by atoms with Crippen molar-refractivity contribution in [2.75, 3.05) is 40.9 Å². The van der Waals surface area contributed by atoms with Crippen molar-refractivity contribution in [1.82, 2.24) is 5.32 Å². The van der Waals surface area contributed by atoms with E-state index in [0.29, 0.717) is 23.9 Å². The molecule has 0 aliphatic heterocycles. The zero-order valence-electron chi connectivity index (χ0n) is 46.7. The lowest BCUT2D eigenvalue weighted by molar-refractivity contribution is -0.870. The van der Waals surface area contributed by atoms with Gasteiger partial charge in [0.2, 0.25) is 5.91 Å². The number of esters is 1. The molecular formula is C61H109N2O7P. The number of unbranched alkanes of at least 4 members (excludes halogenated alkanes) is 23. The van der Waals surface area contributed by atoms with E-state index < -0.39 is 26.6 Å². The first-order chi connectivity index (χ1) is 34.4. The molecule has 0 aromatic heterocycles. The Morgan fingerprint density at radius 2 is 0.901 bits per heavy atom. The maximum Gasteiger partial charge on any atom is 0.306 e. The van der Waals surface area contributed by atoms with Crippen LogP contribution in [0.3, 0.4) is 0 Å². The number of carbonyl (C=O) groups excluding carboxylic acids is 2. The molecule has 0 aliphatic rings. The SMILES string of the molecule is CC/C=C\C/C=C\C/C=C\C/C=C\C/C=C\CCCCCC(=O)NC(COP(=O)([O-])OCC[N+](C)(C)C)C(/C=C\CCCCCCCCCCCCC)OC(=O)CCCCC/C=C\CCCCCCCC. The van der Waals surface area contributed by atoms with Crippen LogP contribution in [0.4, 0.5) is 0 Å². The molecule has 0 heterocycles. The van der Waals surface area contributed by atoms with Crippen molar-refractivity contribution in [3.8, 4) is 0 Å². The second-order valence-corrected chi connectivity index (χ2v) is 21.8. The van der Waals surface area contributed by atoms with Gasteiger partial charge in [-0.05, 0) is 102 Å². The van der Waals surface area contributed by atoms with Crippen molar-refractivity contribution in [3.63, 3.8) is 0 Å². The summed E-state index contributed by atoms with van der Waals surface area (Å²) in [7, 11) is 1.14. The van der Waals surface area contributed by atoms with Crippen molar-refractivity contribution in [2.24, 2.45) is 0 Å². The third-order valence-corrected chi connectivity index (χ3v) is 13.3. The summed E-state index contributed by atoms with van der Waals surface area (Å²) < 4.78 is 30.2. The Kier molecular flexibility index (Phi) is 48.7. The number of carbonyl (C=O) groups is 2. The van der Waals surface area contributed by atoms with Gasteiger partial charge < -0.3 is 28.5 Å². The molecule has 0 bridgehead atoms. The second kappa shape index (κ2) is 50.7. The lowest BCUT2D eigenvalue weighted by Gasteiger charge is -2.30. The van der Waals surface area contributed by atoms with Crippen molar-refractivity contribution in [3.05, 3.63) is 85.1 Å². The second-order valence-electron chi connectivity index (χ2n) is 20.4. The Labute approximate surface area is 437 Å². The van der Waals surface area contributed by atoms with E-state index in [1.54, 1.807) is 0 Å². The molecule has 0 aromatic rings. The Hall–Kier alpha value is -2.81. The van der Waals surface area contributed by atoms with Crippen LogP contribution >= 0.6 is 7.82 Å². The zero-order chi connectivity index (χ0) is 52.2. The summed E-state index contributed by atoms with van der Waals surface area (Å²) in [5, 5.41) is 3.00. The molecule has 0 rings (SSSR count). The Morgan fingerprint density at radius 3 is 1.37 bits per heavy atom. The van der Waals surface area contributed by atoms with Gasteiger partial charge in [0.1, 0.15) is 19.3 Å². The molecule has 1 N–H and O–H groups in total. The quantitative estimate of drug-likeness (QED) is 0.0212. The average molecular weight is 1010 g/mol. The highest BCUT2D eigenvalue weighted by Gasteiger charge is 2.27. The minimum Gasteiger partial charge on any atom is -0.756 e. The summed E-state index contributed by atoms with van der Waals surface area (Å²) in [5.41, 5.74) is 0. The van der Waals surface area contributed by atoms with Crippen LogP contribution in [0.15, 0.2) is 85.1 Å². The van der Waals surface area contributed by atoms with Gasteiger partial charge in [-0.25, -0.2) is 0 Å². The van der Waals surface area contributed by atoms with Gasteiger partial charge in [0.25, 0.3) is 7.82 Å². The van der Waals surface area contributed by atoms with Crippen LogP contribution in [0.1, 0.15) is 239 Å². The molecule has 0 aliphatic carbocycles. The molecule has 0 saturated heterocycles. The van der Waals surface area contributed by atoms with Crippen molar-refractivity contribution < 1.29 is 37.3 Å². The Morgan fingerprint density at radius 1 is 0.507 bits per heavy atom. The van der Waals surface area contributed by atoms with Gasteiger partial charge in [-0.15, -0.1) is 0 Å². The van der Waals surface area contributed by atoms with Crippen molar-refractivity contribution in [1.29, 1.82) is 0 Å². The van der Waals surface area contributed by atoms with Crippen molar-refractivity contribution in [2.45, 2.75) is 251 Å². The third kappa shape index (κ3) is 51.9. The topological polar surface area (TPSA) is 114 Å². The maximum absolute atomic E-state index is 13.5. The van der Waals surface area contributed by atoms with E-state index in [-0.39, 0.29) is 31.3 Å². The van der Waals surface area contributed by atoms with E-state index in [1.165, 1.54) is 96.3 Å². The Bertz CT molecular complexity index is 1490. The summed E-state index contributed by atoms with van der Waals surface area (Å²) >= 11 is 0. The van der Waals surface area contributed by atoms with E-state index in [2.05, 4.69) is 99.0 Å². The fraction of sp³-hybridized carbons (Fsp3) is 0.738. The number of hydrogen-bond donors (Lipinski definition) is 1. The Balaban J connectivity index is 5.44. The number of hydrogen-bond acceptors (Lipinski definition) is 7. The molecule has 0 aromatic carbocycles. The number of rotatable bonds is 51. The van der Waals surface area contributed by atoms with Crippen LogP contribution in [0.2, 0.25) is 0 Å². The monoisotopic (exact) mass is 1010 g/mol. The van der Waals surface area contributed by atoms with Crippen molar-refractivity contribution >= 4 is 19.7 Å². The molecule has 0 radical (unpaired) electrons. The number of allylic oxidation sites excluding steroid dienone is 13. The summed E-state index contributed by atoms with van der Waals surface area (Å²) in [6, 6.07) is -0.914. The number of ether oxygens (including phenoxy) is 1. The van der Waals surface area contributed by atoms with Gasteiger partial charge in [0, 0.05) is 12.8 Å². The lowest BCUT2D eigenvalue weighted by atomic mass is 10.0. The van der Waals surface area contributed by atoms with Crippen LogP contribution in [-0.2, 0) is 27.9 Å². The fourth-order valence-electron chi connectivity index (χ4n) is 7.84. The molecule has 3 unspecified atom stereocenters. The largest absolute Gasteiger partial charge is 0.756 e. The summed E-state index contributed by atoms with van der Waals surface area (Å²) in [6.45, 7) is 6.67. The number of quaternary nitrogens is 1. The first-order valence-electron chi connectivity index (χ1n) is 28.9. The van der Waals surface area contributed by atoms with E-state index in [1.807, 2.05) is 33.3 Å². The molecule has 3 atom stereocenters. The van der Waals surface area contributed by atoms with Crippen LogP contribution in [0, 0.1) is 0 Å². The molecule has 0 saturated carbocycles. The minimum atomic E-state index is -4.71. The summed E-state index contributed by atoms with van der Waals surface area (Å²) in [6.07, 6.45) is 65.5. The predicted molar refractivity (Wildman–Crippen MR) is 302 cm³/mol. The highest BCUT2D eigenvalue weighted by molar-refractivity contribution is 7.45. The summed E-state index contributed by atoms with van der Waals surface area (Å²) in [5.74, 6) is -0.601. The number of likely N-dealkylation sites (N-methyl/N-ethyl adjacent to an activating group) is 1. The van der Waals surface area contributed by atoms with Gasteiger partial charge in [-0.2, -0.15) is 0 Å². The van der Waals surface area contributed by atoms with E-state index in [0.717, 1.165) is 96.3 Å². The molecule has 0 spiro atoms. The number of phosphoric ester groups is 1. The van der Waals surface area contributed by atoms with Crippen LogP contribution in [-0.4, -0.2) is 69.4 Å². The molecular weight excluding hydrogens is 904 g/mol. The van der Waals surface area contributed by atoms with Crippen LogP contribution < -0.4 is 10.2 Å². The van der Waals surface area contributed by atoms with Gasteiger partial charge in [-0.3, -0.25) is 14.2 Å². The highest BCUT2D eigenvalue weighted by atomic mass is 31.2. The van der Waals surface area contributed by atoms with Gasteiger partial charge in [-0.1, -0.05) is 209 Å². The minimum absolute atomic E-state index is 0.0346. The molecule has 1 amide bonds. The van der Waals surface area contributed by atoms with Crippen LogP contribution in [0.25, 0.3) is 0 Å². The smallest absolute Gasteiger partial charge is 0.306 e. The first-order valence-corrected chi connectivity index (χ1v) is 30.4. The molecule has 410 valence electrons. The van der Waals surface area contributed by atoms with Gasteiger partial charge in [0.05, 0.1) is 33.8 Å². The highest BCUT2D eigenvalue weighted by Crippen LogP contribution is 2.38. The van der Waals surface area contributed by atoms with Gasteiger partial charge >= 0.3 is 5.97 Å². The lowest BCUT2D eigenvalue weighted by Crippen LogP contribution is -2.47. The van der Waals surface area contributed by atoms with E-state index in [4.69, 9.17) is 13.8 Å². The number of amides is 1. The molecule has 9 nitrogen and oxygen atoms in total. The zero-order valence-corrected chi connectivity index (χ0v) is 47.5.